The number of aliphatic hydroxyl groups excluding tert-OH is 1. The number of hydrogen-bond donors (Lipinski definition) is 2. The fraction of sp³-hybridized carbons (Fsp3) is 0.294. The molecule has 1 aromatic heterocycles. The second-order valence-electron chi connectivity index (χ2n) is 6.47. The van der Waals surface area contributed by atoms with Crippen LogP contribution in [-0.2, 0) is 0 Å². The van der Waals surface area contributed by atoms with Crippen molar-refractivity contribution in [3.8, 4) is 11.3 Å². The zero-order chi connectivity index (χ0) is 16.8. The molecule has 0 bridgehead atoms. The van der Waals surface area contributed by atoms with Gasteiger partial charge in [0.15, 0.2) is 0 Å². The number of hydrogen-bond acceptors (Lipinski definition) is 4. The highest BCUT2D eigenvalue weighted by atomic mass is 32.1. The number of rotatable bonds is 2. The van der Waals surface area contributed by atoms with Crippen molar-refractivity contribution in [2.45, 2.75) is 26.3 Å². The van der Waals surface area contributed by atoms with Gasteiger partial charge in [0.05, 0.1) is 17.8 Å². The highest BCUT2D eigenvalue weighted by molar-refractivity contribution is 7.11. The molecule has 0 saturated carbocycles. The van der Waals surface area contributed by atoms with Gasteiger partial charge >= 0.3 is 0 Å². The summed E-state index contributed by atoms with van der Waals surface area (Å²) in [5.74, 6) is 0.169. The Kier molecular flexibility index (Phi) is 3.72. The molecule has 2 N–H and O–H groups in total. The SMILES string of the molecule is CC(C)(C)N1CC(O)=C(c2nc(-c3ccc(F)cc3)cs2)C1=N. The predicted molar refractivity (Wildman–Crippen MR) is 91.2 cm³/mol. The van der Waals surface area contributed by atoms with Gasteiger partial charge in [0.2, 0.25) is 0 Å². The van der Waals surface area contributed by atoms with Gasteiger partial charge < -0.3 is 10.0 Å². The van der Waals surface area contributed by atoms with Gasteiger partial charge in [-0.05, 0) is 45.0 Å². The average molecular weight is 331 g/mol. The van der Waals surface area contributed by atoms with E-state index in [2.05, 4.69) is 4.98 Å². The van der Waals surface area contributed by atoms with Gasteiger partial charge in [-0.1, -0.05) is 0 Å². The third-order valence-electron chi connectivity index (χ3n) is 3.77. The van der Waals surface area contributed by atoms with Crippen LogP contribution >= 0.6 is 11.3 Å². The van der Waals surface area contributed by atoms with Crippen LogP contribution in [0.2, 0.25) is 0 Å². The van der Waals surface area contributed by atoms with E-state index in [0.29, 0.717) is 22.8 Å². The molecule has 1 aliphatic rings. The maximum absolute atomic E-state index is 13.0. The largest absolute Gasteiger partial charge is 0.510 e. The molecule has 0 unspecified atom stereocenters. The lowest BCUT2D eigenvalue weighted by Crippen LogP contribution is -2.43. The van der Waals surface area contributed by atoms with Crippen LogP contribution in [0.1, 0.15) is 25.8 Å². The molecular formula is C17H18FN3OS. The van der Waals surface area contributed by atoms with E-state index in [1.54, 1.807) is 12.1 Å². The van der Waals surface area contributed by atoms with Crippen LogP contribution in [0.3, 0.4) is 0 Å². The summed E-state index contributed by atoms with van der Waals surface area (Å²) in [6, 6.07) is 6.13. The molecule has 120 valence electrons. The van der Waals surface area contributed by atoms with E-state index in [1.807, 2.05) is 31.1 Å². The summed E-state index contributed by atoms with van der Waals surface area (Å²) in [6.07, 6.45) is 0. The summed E-state index contributed by atoms with van der Waals surface area (Å²) >= 11 is 1.38. The molecule has 0 saturated heterocycles. The van der Waals surface area contributed by atoms with Gasteiger partial charge in [-0.2, -0.15) is 0 Å². The standard InChI is InChI=1S/C17H18FN3OS/c1-17(2,3)21-8-13(22)14(15(21)19)16-20-12(9-23-16)10-4-6-11(18)7-5-10/h4-7,9,19,22H,8H2,1-3H3. The summed E-state index contributed by atoms with van der Waals surface area (Å²) in [4.78, 5) is 6.36. The van der Waals surface area contributed by atoms with Crippen molar-refractivity contribution in [3.63, 3.8) is 0 Å². The molecule has 6 heteroatoms. The Hall–Kier alpha value is -2.21. The molecular weight excluding hydrogens is 313 g/mol. The van der Waals surface area contributed by atoms with Crippen molar-refractivity contribution >= 4 is 22.7 Å². The third-order valence-corrected chi connectivity index (χ3v) is 4.63. The lowest BCUT2D eigenvalue weighted by molar-refractivity contribution is 0.235. The zero-order valence-electron chi connectivity index (χ0n) is 13.2. The first-order valence-corrected chi connectivity index (χ1v) is 8.16. The topological polar surface area (TPSA) is 60.2 Å². The highest BCUT2D eigenvalue weighted by Gasteiger charge is 2.36. The minimum atomic E-state index is -0.289. The first-order chi connectivity index (χ1) is 10.8. The lowest BCUT2D eigenvalue weighted by atomic mass is 10.1. The smallest absolute Gasteiger partial charge is 0.135 e. The van der Waals surface area contributed by atoms with Crippen LogP contribution in [0.4, 0.5) is 4.39 Å². The molecule has 3 rings (SSSR count). The molecule has 0 spiro atoms. The van der Waals surface area contributed by atoms with Crippen LogP contribution in [0.5, 0.6) is 0 Å². The number of thiazole rings is 1. The van der Waals surface area contributed by atoms with Gasteiger partial charge in [0, 0.05) is 16.5 Å². The summed E-state index contributed by atoms with van der Waals surface area (Å²) in [5.41, 5.74) is 1.76. The second kappa shape index (κ2) is 5.45. The molecule has 0 amide bonds. The highest BCUT2D eigenvalue weighted by Crippen LogP contribution is 2.34. The molecule has 0 radical (unpaired) electrons. The van der Waals surface area contributed by atoms with Crippen molar-refractivity contribution in [1.29, 1.82) is 5.41 Å². The lowest BCUT2D eigenvalue weighted by Gasteiger charge is -2.33. The van der Waals surface area contributed by atoms with Crippen molar-refractivity contribution in [1.82, 2.24) is 9.88 Å². The van der Waals surface area contributed by atoms with Crippen LogP contribution in [0, 0.1) is 11.2 Å². The average Bonchev–Trinajstić information content (AvgIpc) is 3.04. The quantitative estimate of drug-likeness (QED) is 0.862. The molecule has 4 nitrogen and oxygen atoms in total. The van der Waals surface area contributed by atoms with E-state index in [0.717, 1.165) is 5.56 Å². The zero-order valence-corrected chi connectivity index (χ0v) is 14.0. The molecule has 0 atom stereocenters. The van der Waals surface area contributed by atoms with Crippen molar-refractivity contribution < 1.29 is 9.50 Å². The Balaban J connectivity index is 1.93. The first kappa shape index (κ1) is 15.7. The Bertz CT molecular complexity index is 787. The molecule has 1 aromatic carbocycles. The number of nitrogens with zero attached hydrogens (tertiary/aromatic N) is 2. The number of benzene rings is 1. The van der Waals surface area contributed by atoms with Crippen molar-refractivity contribution in [2.24, 2.45) is 0 Å². The maximum atomic E-state index is 13.0. The molecule has 0 aliphatic carbocycles. The van der Waals surface area contributed by atoms with Crippen LogP contribution in [0.15, 0.2) is 35.4 Å². The molecule has 2 heterocycles. The van der Waals surface area contributed by atoms with Crippen LogP contribution < -0.4 is 0 Å². The minimum absolute atomic E-state index is 0.171. The number of aromatic nitrogens is 1. The molecule has 2 aromatic rings. The van der Waals surface area contributed by atoms with Gasteiger partial charge in [-0.25, -0.2) is 9.37 Å². The van der Waals surface area contributed by atoms with Crippen LogP contribution in [0.25, 0.3) is 16.8 Å². The van der Waals surface area contributed by atoms with Crippen LogP contribution in [-0.4, -0.2) is 32.9 Å². The summed E-state index contributed by atoms with van der Waals surface area (Å²) in [5, 5.41) is 21.1. The molecule has 23 heavy (non-hydrogen) atoms. The predicted octanol–water partition coefficient (Wildman–Crippen LogP) is 4.31. The summed E-state index contributed by atoms with van der Waals surface area (Å²) in [7, 11) is 0. The normalized spacial score (nSPS) is 15.7. The van der Waals surface area contributed by atoms with E-state index in [9.17, 15) is 9.50 Å². The first-order valence-electron chi connectivity index (χ1n) is 7.28. The Morgan fingerprint density at radius 2 is 1.91 bits per heavy atom. The van der Waals surface area contributed by atoms with Crippen molar-refractivity contribution in [2.75, 3.05) is 6.54 Å². The number of nitrogens with one attached hydrogen (secondary N) is 1. The van der Waals surface area contributed by atoms with E-state index >= 15 is 0 Å². The van der Waals surface area contributed by atoms with Crippen molar-refractivity contribution in [3.05, 3.63) is 46.2 Å². The Labute approximate surface area is 138 Å². The van der Waals surface area contributed by atoms with E-state index in [4.69, 9.17) is 5.41 Å². The summed E-state index contributed by atoms with van der Waals surface area (Å²) < 4.78 is 13.0. The maximum Gasteiger partial charge on any atom is 0.135 e. The monoisotopic (exact) mass is 331 g/mol. The number of halogens is 1. The Morgan fingerprint density at radius 1 is 1.26 bits per heavy atom. The fourth-order valence-corrected chi connectivity index (χ4v) is 3.41. The van der Waals surface area contributed by atoms with Gasteiger partial charge in [0.25, 0.3) is 0 Å². The van der Waals surface area contributed by atoms with E-state index in [-0.39, 0.29) is 23.0 Å². The van der Waals surface area contributed by atoms with Gasteiger partial charge in [-0.3, -0.25) is 5.41 Å². The number of aliphatic hydroxyl groups is 1. The minimum Gasteiger partial charge on any atom is -0.510 e. The van der Waals surface area contributed by atoms with E-state index in [1.165, 1.54) is 23.5 Å². The van der Waals surface area contributed by atoms with Gasteiger partial charge in [-0.15, -0.1) is 11.3 Å². The fourth-order valence-electron chi connectivity index (χ4n) is 2.52. The summed E-state index contributed by atoms with van der Waals surface area (Å²) in [6.45, 7) is 6.33. The number of amidine groups is 1. The third kappa shape index (κ3) is 2.86. The second-order valence-corrected chi connectivity index (χ2v) is 7.33. The molecule has 1 aliphatic heterocycles. The molecule has 0 fully saturated rings. The Morgan fingerprint density at radius 3 is 2.48 bits per heavy atom. The van der Waals surface area contributed by atoms with Gasteiger partial charge in [0.1, 0.15) is 22.4 Å². The van der Waals surface area contributed by atoms with E-state index < -0.39 is 0 Å².